The van der Waals surface area contributed by atoms with Crippen LogP contribution >= 0.6 is 11.6 Å². The van der Waals surface area contributed by atoms with Crippen LogP contribution in [0.2, 0.25) is 5.02 Å². The third-order valence-electron chi connectivity index (χ3n) is 3.58. The quantitative estimate of drug-likeness (QED) is 0.506. The fourth-order valence-corrected chi connectivity index (χ4v) is 2.78. The maximum absolute atomic E-state index is 11.1. The first-order valence-electron chi connectivity index (χ1n) is 6.54. The molecule has 0 radical (unpaired) electrons. The van der Waals surface area contributed by atoms with Crippen molar-refractivity contribution >= 4 is 23.0 Å². The van der Waals surface area contributed by atoms with E-state index in [9.17, 15) is 10.1 Å². The molecule has 6 heteroatoms. The molecule has 2 unspecified atom stereocenters. The van der Waals surface area contributed by atoms with E-state index in [0.29, 0.717) is 5.69 Å². The molecule has 1 saturated carbocycles. The summed E-state index contributed by atoms with van der Waals surface area (Å²) in [5, 5.41) is 14.4. The molecule has 0 heterocycles. The van der Waals surface area contributed by atoms with Gasteiger partial charge in [0.2, 0.25) is 0 Å². The lowest BCUT2D eigenvalue weighted by Gasteiger charge is -2.23. The van der Waals surface area contributed by atoms with Crippen LogP contribution in [0, 0.1) is 10.1 Å². The maximum atomic E-state index is 11.1. The van der Waals surface area contributed by atoms with Crippen molar-refractivity contribution in [2.75, 3.05) is 5.32 Å². The molecule has 1 aliphatic carbocycles. The Morgan fingerprint density at radius 3 is 2.79 bits per heavy atom. The predicted octanol–water partition coefficient (Wildman–Crippen LogP) is 3.32. The van der Waals surface area contributed by atoms with Crippen molar-refractivity contribution in [2.45, 2.75) is 44.2 Å². The van der Waals surface area contributed by atoms with Crippen LogP contribution in [0.25, 0.3) is 0 Å². The number of nitro benzene ring substituents is 1. The second kappa shape index (κ2) is 6.21. The van der Waals surface area contributed by atoms with Gasteiger partial charge in [0.1, 0.15) is 10.7 Å². The number of nitro groups is 1. The first-order chi connectivity index (χ1) is 9.09. The molecule has 1 aromatic rings. The van der Waals surface area contributed by atoms with Crippen molar-refractivity contribution in [1.82, 2.24) is 0 Å². The molecule has 0 bridgehead atoms. The van der Waals surface area contributed by atoms with Crippen LogP contribution < -0.4 is 11.1 Å². The highest BCUT2D eigenvalue weighted by Gasteiger charge is 2.24. The van der Waals surface area contributed by atoms with Gasteiger partial charge in [-0.05, 0) is 25.0 Å². The number of para-hydroxylation sites is 1. The molecule has 1 aliphatic rings. The summed E-state index contributed by atoms with van der Waals surface area (Å²) < 4.78 is 0. The van der Waals surface area contributed by atoms with Crippen molar-refractivity contribution in [3.8, 4) is 0 Å². The predicted molar refractivity (Wildman–Crippen MR) is 76.6 cm³/mol. The van der Waals surface area contributed by atoms with E-state index in [0.717, 1.165) is 25.7 Å². The summed E-state index contributed by atoms with van der Waals surface area (Å²) in [5.41, 5.74) is 6.52. The van der Waals surface area contributed by atoms with Gasteiger partial charge in [0.25, 0.3) is 0 Å². The zero-order valence-corrected chi connectivity index (χ0v) is 11.4. The van der Waals surface area contributed by atoms with Crippen molar-refractivity contribution < 1.29 is 4.92 Å². The lowest BCUT2D eigenvalue weighted by atomic mass is 10.0. The molecule has 2 atom stereocenters. The minimum atomic E-state index is -0.451. The lowest BCUT2D eigenvalue weighted by Crippen LogP contribution is -2.39. The first kappa shape index (κ1) is 14.1. The SMILES string of the molecule is NC1CCCCCC1Nc1cccc(Cl)c1[N+](=O)[O-]. The number of benzene rings is 1. The van der Waals surface area contributed by atoms with Crippen LogP contribution in [0.5, 0.6) is 0 Å². The largest absolute Gasteiger partial charge is 0.375 e. The Bertz CT molecular complexity index is 467. The number of anilines is 1. The Hall–Kier alpha value is -1.33. The van der Waals surface area contributed by atoms with Crippen LogP contribution in [0.15, 0.2) is 18.2 Å². The van der Waals surface area contributed by atoms with Crippen molar-refractivity contribution in [2.24, 2.45) is 5.73 Å². The van der Waals surface area contributed by atoms with Gasteiger partial charge < -0.3 is 11.1 Å². The van der Waals surface area contributed by atoms with E-state index in [2.05, 4.69) is 5.32 Å². The highest BCUT2D eigenvalue weighted by Crippen LogP contribution is 2.33. The van der Waals surface area contributed by atoms with Gasteiger partial charge in [-0.15, -0.1) is 0 Å². The molecule has 0 aromatic heterocycles. The molecule has 1 aromatic carbocycles. The van der Waals surface area contributed by atoms with Crippen LogP contribution in [-0.2, 0) is 0 Å². The normalized spacial score (nSPS) is 23.7. The van der Waals surface area contributed by atoms with Gasteiger partial charge in [-0.3, -0.25) is 10.1 Å². The van der Waals surface area contributed by atoms with E-state index in [1.165, 1.54) is 12.5 Å². The average Bonchev–Trinajstić information content (AvgIpc) is 2.54. The van der Waals surface area contributed by atoms with Gasteiger partial charge in [-0.1, -0.05) is 36.9 Å². The van der Waals surface area contributed by atoms with Crippen LogP contribution in [0.4, 0.5) is 11.4 Å². The van der Waals surface area contributed by atoms with E-state index in [-0.39, 0.29) is 22.8 Å². The Kier molecular flexibility index (Phi) is 4.61. The van der Waals surface area contributed by atoms with E-state index in [1.54, 1.807) is 12.1 Å². The van der Waals surface area contributed by atoms with Crippen molar-refractivity contribution in [1.29, 1.82) is 0 Å². The van der Waals surface area contributed by atoms with Crippen molar-refractivity contribution in [3.63, 3.8) is 0 Å². The van der Waals surface area contributed by atoms with Gasteiger partial charge in [0.15, 0.2) is 0 Å². The monoisotopic (exact) mass is 283 g/mol. The number of nitrogens with zero attached hydrogens (tertiary/aromatic N) is 1. The highest BCUT2D eigenvalue weighted by atomic mass is 35.5. The smallest absolute Gasteiger partial charge is 0.310 e. The summed E-state index contributed by atoms with van der Waals surface area (Å²) in [4.78, 5) is 10.6. The Morgan fingerprint density at radius 1 is 1.32 bits per heavy atom. The standard InChI is InChI=1S/C13H18ClN3O2/c14-9-5-4-8-12(13(9)17(18)19)16-11-7-3-1-2-6-10(11)15/h4-5,8,10-11,16H,1-3,6-7,15H2. The molecule has 0 aliphatic heterocycles. The minimum absolute atomic E-state index is 0.0288. The van der Waals surface area contributed by atoms with Crippen LogP contribution in [0.3, 0.4) is 0 Å². The summed E-state index contributed by atoms with van der Waals surface area (Å²) >= 11 is 5.90. The van der Waals surface area contributed by atoms with Gasteiger partial charge in [0.05, 0.1) is 4.92 Å². The number of hydrogen-bond acceptors (Lipinski definition) is 4. The summed E-state index contributed by atoms with van der Waals surface area (Å²) in [6, 6.07) is 5.01. The Balaban J connectivity index is 2.22. The number of rotatable bonds is 3. The highest BCUT2D eigenvalue weighted by molar-refractivity contribution is 6.33. The zero-order chi connectivity index (χ0) is 13.8. The molecule has 5 nitrogen and oxygen atoms in total. The topological polar surface area (TPSA) is 81.2 Å². The fraction of sp³-hybridized carbons (Fsp3) is 0.538. The molecule has 0 amide bonds. The molecule has 104 valence electrons. The molecule has 0 spiro atoms. The summed E-state index contributed by atoms with van der Waals surface area (Å²) in [7, 11) is 0. The molecule has 2 rings (SSSR count). The van der Waals surface area contributed by atoms with E-state index in [4.69, 9.17) is 17.3 Å². The zero-order valence-electron chi connectivity index (χ0n) is 10.6. The fourth-order valence-electron chi connectivity index (χ4n) is 2.53. The van der Waals surface area contributed by atoms with E-state index < -0.39 is 4.92 Å². The van der Waals surface area contributed by atoms with Gasteiger partial charge >= 0.3 is 5.69 Å². The van der Waals surface area contributed by atoms with Crippen LogP contribution in [-0.4, -0.2) is 17.0 Å². The Labute approximate surface area is 117 Å². The molecule has 0 saturated heterocycles. The number of nitrogens with two attached hydrogens (primary N) is 1. The maximum Gasteiger partial charge on any atom is 0.310 e. The second-order valence-electron chi connectivity index (χ2n) is 4.95. The second-order valence-corrected chi connectivity index (χ2v) is 5.35. The number of nitrogens with one attached hydrogen (secondary N) is 1. The molecule has 1 fully saturated rings. The lowest BCUT2D eigenvalue weighted by molar-refractivity contribution is -0.383. The van der Waals surface area contributed by atoms with Crippen LogP contribution in [0.1, 0.15) is 32.1 Å². The first-order valence-corrected chi connectivity index (χ1v) is 6.92. The third kappa shape index (κ3) is 3.36. The van der Waals surface area contributed by atoms with E-state index >= 15 is 0 Å². The minimum Gasteiger partial charge on any atom is -0.375 e. The summed E-state index contributed by atoms with van der Waals surface area (Å²) in [5.74, 6) is 0. The third-order valence-corrected chi connectivity index (χ3v) is 3.88. The summed E-state index contributed by atoms with van der Waals surface area (Å²) in [6.45, 7) is 0. The van der Waals surface area contributed by atoms with Crippen molar-refractivity contribution in [3.05, 3.63) is 33.3 Å². The molecule has 3 N–H and O–H groups in total. The van der Waals surface area contributed by atoms with Gasteiger partial charge in [0, 0.05) is 12.1 Å². The average molecular weight is 284 g/mol. The number of hydrogen-bond donors (Lipinski definition) is 2. The molecule has 19 heavy (non-hydrogen) atoms. The summed E-state index contributed by atoms with van der Waals surface area (Å²) in [6.07, 6.45) is 5.27. The van der Waals surface area contributed by atoms with Gasteiger partial charge in [-0.2, -0.15) is 0 Å². The van der Waals surface area contributed by atoms with Gasteiger partial charge in [-0.25, -0.2) is 0 Å². The number of halogens is 1. The Morgan fingerprint density at radius 2 is 2.05 bits per heavy atom. The van der Waals surface area contributed by atoms with E-state index in [1.807, 2.05) is 0 Å². The molecular weight excluding hydrogens is 266 g/mol. The molecular formula is C13H18ClN3O2.